The number of carbonyl (C=O) groups is 2. The molecule has 1 N–H and O–H groups in total. The van der Waals surface area contributed by atoms with Gasteiger partial charge in [-0.1, -0.05) is 29.8 Å². The number of benzene rings is 2. The summed E-state index contributed by atoms with van der Waals surface area (Å²) < 4.78 is 19.0. The zero-order chi connectivity index (χ0) is 18.8. The minimum absolute atomic E-state index is 0.0428. The number of aliphatic carboxylic acids is 1. The van der Waals surface area contributed by atoms with Crippen LogP contribution in [0.2, 0.25) is 5.02 Å². The second kappa shape index (κ2) is 7.33. The van der Waals surface area contributed by atoms with Gasteiger partial charge in [0.25, 0.3) is 5.91 Å². The van der Waals surface area contributed by atoms with E-state index in [-0.39, 0.29) is 23.7 Å². The van der Waals surface area contributed by atoms with Crippen LogP contribution in [0.25, 0.3) is 0 Å². The zero-order valence-electron chi connectivity index (χ0n) is 14.0. The molecule has 1 heterocycles. The van der Waals surface area contributed by atoms with Gasteiger partial charge in [0, 0.05) is 24.6 Å². The van der Waals surface area contributed by atoms with Crippen molar-refractivity contribution in [1.82, 2.24) is 4.90 Å². The van der Waals surface area contributed by atoms with Gasteiger partial charge in [-0.3, -0.25) is 9.59 Å². The van der Waals surface area contributed by atoms with Crippen molar-refractivity contribution in [1.29, 1.82) is 0 Å². The summed E-state index contributed by atoms with van der Waals surface area (Å²) >= 11 is 5.65. The van der Waals surface area contributed by atoms with E-state index >= 15 is 0 Å². The predicted octanol–water partition coefficient (Wildman–Crippen LogP) is 3.43. The molecule has 3 rings (SSSR count). The van der Waals surface area contributed by atoms with Crippen LogP contribution in [0.4, 0.5) is 4.39 Å². The number of carbonyl (C=O) groups excluding carboxylic acids is 1. The molecule has 136 valence electrons. The Kier molecular flexibility index (Phi) is 5.13. The first-order valence-corrected chi connectivity index (χ1v) is 8.40. The maximum Gasteiger partial charge on any atom is 0.308 e. The number of ether oxygens (including phenoxy) is 1. The second-order valence-electron chi connectivity index (χ2n) is 6.13. The molecule has 1 aliphatic heterocycles. The van der Waals surface area contributed by atoms with Crippen LogP contribution < -0.4 is 4.74 Å². The van der Waals surface area contributed by atoms with Gasteiger partial charge in [0.2, 0.25) is 0 Å². The van der Waals surface area contributed by atoms with Gasteiger partial charge in [0.15, 0.2) is 0 Å². The molecule has 26 heavy (non-hydrogen) atoms. The van der Waals surface area contributed by atoms with Crippen LogP contribution in [0, 0.1) is 11.7 Å². The van der Waals surface area contributed by atoms with E-state index in [2.05, 4.69) is 0 Å². The van der Waals surface area contributed by atoms with Crippen molar-refractivity contribution in [2.45, 2.75) is 5.92 Å². The molecule has 0 aliphatic carbocycles. The third kappa shape index (κ3) is 3.37. The molecule has 0 spiro atoms. The maximum absolute atomic E-state index is 13.7. The highest BCUT2D eigenvalue weighted by Crippen LogP contribution is 2.38. The minimum Gasteiger partial charge on any atom is -0.496 e. The Hall–Kier alpha value is -2.60. The molecule has 7 heteroatoms. The highest BCUT2D eigenvalue weighted by atomic mass is 35.5. The lowest BCUT2D eigenvalue weighted by Crippen LogP contribution is -2.30. The number of nitrogens with zero attached hydrogens (tertiary/aromatic N) is 1. The van der Waals surface area contributed by atoms with Crippen LogP contribution in [-0.2, 0) is 4.79 Å². The number of hydrogen-bond acceptors (Lipinski definition) is 3. The summed E-state index contributed by atoms with van der Waals surface area (Å²) in [5.41, 5.74) is 0.872. The topological polar surface area (TPSA) is 66.8 Å². The quantitative estimate of drug-likeness (QED) is 0.886. The number of para-hydroxylation sites is 1. The normalized spacial score (nSPS) is 19.4. The summed E-state index contributed by atoms with van der Waals surface area (Å²) in [5.74, 6) is -2.71. The minimum atomic E-state index is -0.988. The lowest BCUT2D eigenvalue weighted by atomic mass is 9.88. The number of carboxylic acid groups (broad SMARTS) is 1. The first kappa shape index (κ1) is 18.2. The Morgan fingerprint density at radius 3 is 2.62 bits per heavy atom. The van der Waals surface area contributed by atoms with Crippen molar-refractivity contribution in [2.24, 2.45) is 5.92 Å². The van der Waals surface area contributed by atoms with E-state index in [1.165, 1.54) is 24.1 Å². The highest BCUT2D eigenvalue weighted by Gasteiger charge is 2.41. The Labute approximate surface area is 154 Å². The highest BCUT2D eigenvalue weighted by molar-refractivity contribution is 6.30. The number of hydrogen-bond donors (Lipinski definition) is 1. The van der Waals surface area contributed by atoms with Gasteiger partial charge < -0.3 is 14.7 Å². The molecule has 5 nitrogen and oxygen atoms in total. The average molecular weight is 378 g/mol. The zero-order valence-corrected chi connectivity index (χ0v) is 14.7. The summed E-state index contributed by atoms with van der Waals surface area (Å²) in [5, 5.41) is 9.53. The van der Waals surface area contributed by atoms with Gasteiger partial charge in [0.05, 0.1) is 18.1 Å². The molecule has 0 radical (unpaired) electrons. The average Bonchev–Trinajstić information content (AvgIpc) is 3.09. The van der Waals surface area contributed by atoms with Gasteiger partial charge >= 0.3 is 5.97 Å². The van der Waals surface area contributed by atoms with Gasteiger partial charge in [-0.2, -0.15) is 0 Å². The molecule has 1 saturated heterocycles. The first-order chi connectivity index (χ1) is 12.4. The standard InChI is InChI=1S/C19H17ClFNO4/c1-26-17-5-3-2-4-12(17)13-9-22(10-14(13)19(24)25)18(23)11-6-7-15(20)16(21)8-11/h2-8,13-14H,9-10H2,1H3,(H,24,25)/t13-,14+/m0/s1. The van der Waals surface area contributed by atoms with Crippen molar-refractivity contribution >= 4 is 23.5 Å². The molecule has 2 atom stereocenters. The van der Waals surface area contributed by atoms with Crippen molar-refractivity contribution < 1.29 is 23.8 Å². The molecule has 1 aliphatic rings. The van der Waals surface area contributed by atoms with Gasteiger partial charge in [-0.15, -0.1) is 0 Å². The van der Waals surface area contributed by atoms with Crippen LogP contribution in [-0.4, -0.2) is 42.1 Å². The van der Waals surface area contributed by atoms with Crippen LogP contribution in [0.1, 0.15) is 21.8 Å². The van der Waals surface area contributed by atoms with E-state index in [0.29, 0.717) is 5.75 Å². The van der Waals surface area contributed by atoms with Crippen LogP contribution in [0.15, 0.2) is 42.5 Å². The summed E-state index contributed by atoms with van der Waals surface area (Å²) in [7, 11) is 1.52. The molecule has 1 amide bonds. The molecule has 0 bridgehead atoms. The van der Waals surface area contributed by atoms with Crippen molar-refractivity contribution in [3.63, 3.8) is 0 Å². The molecule has 0 aromatic heterocycles. The monoisotopic (exact) mass is 377 g/mol. The number of rotatable bonds is 4. The smallest absolute Gasteiger partial charge is 0.308 e. The van der Waals surface area contributed by atoms with E-state index in [9.17, 15) is 19.1 Å². The molecular formula is C19H17ClFNO4. The van der Waals surface area contributed by atoms with Crippen molar-refractivity contribution in [3.8, 4) is 5.75 Å². The molecular weight excluding hydrogens is 361 g/mol. The Morgan fingerprint density at radius 2 is 1.96 bits per heavy atom. The van der Waals surface area contributed by atoms with Gasteiger partial charge in [0.1, 0.15) is 11.6 Å². The largest absolute Gasteiger partial charge is 0.496 e. The van der Waals surface area contributed by atoms with E-state index < -0.39 is 29.5 Å². The number of carboxylic acids is 1. The molecule has 0 saturated carbocycles. The number of methoxy groups -OCH3 is 1. The lowest BCUT2D eigenvalue weighted by Gasteiger charge is -2.18. The first-order valence-electron chi connectivity index (χ1n) is 8.02. The summed E-state index contributed by atoms with van der Waals surface area (Å²) in [4.78, 5) is 25.9. The van der Waals surface area contributed by atoms with Crippen LogP contribution in [0.5, 0.6) is 5.75 Å². The molecule has 2 aromatic carbocycles. The Bertz CT molecular complexity index is 857. The maximum atomic E-state index is 13.7. The fourth-order valence-electron chi connectivity index (χ4n) is 3.32. The summed E-state index contributed by atoms with van der Waals surface area (Å²) in [6, 6.07) is 11.0. The van der Waals surface area contributed by atoms with Crippen LogP contribution in [0.3, 0.4) is 0 Å². The number of likely N-dealkylation sites (tertiary alicyclic amines) is 1. The summed E-state index contributed by atoms with van der Waals surface area (Å²) in [6.07, 6.45) is 0. The van der Waals surface area contributed by atoms with Gasteiger partial charge in [-0.05, 0) is 29.8 Å². The number of halogens is 2. The third-order valence-electron chi connectivity index (χ3n) is 4.63. The van der Waals surface area contributed by atoms with Gasteiger partial charge in [-0.25, -0.2) is 4.39 Å². The van der Waals surface area contributed by atoms with E-state index in [1.807, 2.05) is 0 Å². The molecule has 1 fully saturated rings. The van der Waals surface area contributed by atoms with Crippen LogP contribution >= 0.6 is 11.6 Å². The summed E-state index contributed by atoms with van der Waals surface area (Å²) in [6.45, 7) is 0.252. The third-order valence-corrected chi connectivity index (χ3v) is 4.94. The van der Waals surface area contributed by atoms with Crippen molar-refractivity contribution in [2.75, 3.05) is 20.2 Å². The SMILES string of the molecule is COc1ccccc1[C@@H]1CN(C(=O)c2ccc(Cl)c(F)c2)C[C@H]1C(=O)O. The fraction of sp³-hybridized carbons (Fsp3) is 0.263. The Morgan fingerprint density at radius 1 is 1.23 bits per heavy atom. The van der Waals surface area contributed by atoms with Crippen molar-refractivity contribution in [3.05, 3.63) is 64.4 Å². The molecule has 2 aromatic rings. The number of amides is 1. The molecule has 0 unspecified atom stereocenters. The van der Waals surface area contributed by atoms with E-state index in [0.717, 1.165) is 11.6 Å². The van der Waals surface area contributed by atoms with E-state index in [4.69, 9.17) is 16.3 Å². The fourth-order valence-corrected chi connectivity index (χ4v) is 3.44. The Balaban J connectivity index is 1.90. The second-order valence-corrected chi connectivity index (χ2v) is 6.54. The van der Waals surface area contributed by atoms with E-state index in [1.54, 1.807) is 24.3 Å². The lowest BCUT2D eigenvalue weighted by molar-refractivity contribution is -0.141. The predicted molar refractivity (Wildman–Crippen MR) is 94.2 cm³/mol.